The maximum atomic E-state index is 13.0. The van der Waals surface area contributed by atoms with E-state index in [2.05, 4.69) is 0 Å². The molecule has 2 nitrogen and oxygen atoms in total. The highest BCUT2D eigenvalue weighted by atomic mass is 19.1. The lowest BCUT2D eigenvalue weighted by Crippen LogP contribution is -2.00. The molecule has 0 radical (unpaired) electrons. The molecule has 2 aromatic carbocycles. The van der Waals surface area contributed by atoms with Crippen LogP contribution in [0.15, 0.2) is 42.5 Å². The summed E-state index contributed by atoms with van der Waals surface area (Å²) in [7, 11) is 0. The number of ether oxygens (including phenoxy) is 1. The van der Waals surface area contributed by atoms with Crippen molar-refractivity contribution in [2.45, 2.75) is 13.5 Å². The zero-order valence-corrected chi connectivity index (χ0v) is 9.61. The van der Waals surface area contributed by atoms with Crippen LogP contribution in [-0.2, 0) is 6.54 Å². The molecule has 0 saturated carbocycles. The second-order valence-corrected chi connectivity index (χ2v) is 3.82. The molecule has 0 heterocycles. The van der Waals surface area contributed by atoms with Gasteiger partial charge in [0.15, 0.2) is 0 Å². The summed E-state index contributed by atoms with van der Waals surface area (Å²) in [4.78, 5) is 0. The molecular weight excluding hydrogens is 217 g/mol. The van der Waals surface area contributed by atoms with E-state index in [-0.39, 0.29) is 12.4 Å². The third-order valence-electron chi connectivity index (χ3n) is 2.56. The van der Waals surface area contributed by atoms with Gasteiger partial charge in [-0.2, -0.15) is 0 Å². The Labute approximate surface area is 99.8 Å². The van der Waals surface area contributed by atoms with Crippen molar-refractivity contribution < 1.29 is 9.13 Å². The monoisotopic (exact) mass is 231 g/mol. The minimum absolute atomic E-state index is 0.249. The van der Waals surface area contributed by atoms with E-state index >= 15 is 0 Å². The maximum Gasteiger partial charge on any atom is 0.132 e. The van der Waals surface area contributed by atoms with Gasteiger partial charge in [-0.3, -0.25) is 0 Å². The fourth-order valence-corrected chi connectivity index (χ4v) is 1.60. The van der Waals surface area contributed by atoms with E-state index in [4.69, 9.17) is 10.5 Å². The van der Waals surface area contributed by atoms with Crippen LogP contribution in [0.25, 0.3) is 0 Å². The van der Waals surface area contributed by atoms with Gasteiger partial charge < -0.3 is 10.5 Å². The first-order chi connectivity index (χ1) is 8.20. The van der Waals surface area contributed by atoms with E-state index in [1.54, 1.807) is 6.07 Å². The normalized spacial score (nSPS) is 10.3. The van der Waals surface area contributed by atoms with E-state index in [0.29, 0.717) is 11.3 Å². The Balaban J connectivity index is 2.33. The highest BCUT2D eigenvalue weighted by molar-refractivity contribution is 5.41. The molecule has 0 fully saturated rings. The molecule has 0 atom stereocenters. The van der Waals surface area contributed by atoms with Crippen molar-refractivity contribution >= 4 is 0 Å². The fourth-order valence-electron chi connectivity index (χ4n) is 1.60. The second-order valence-electron chi connectivity index (χ2n) is 3.82. The number of aryl methyl sites for hydroxylation is 1. The molecule has 0 aromatic heterocycles. The second kappa shape index (κ2) is 4.97. The number of para-hydroxylation sites is 1. The summed E-state index contributed by atoms with van der Waals surface area (Å²) < 4.78 is 18.8. The van der Waals surface area contributed by atoms with Crippen molar-refractivity contribution in [2.24, 2.45) is 5.73 Å². The lowest BCUT2D eigenvalue weighted by molar-refractivity contribution is 0.470. The fraction of sp³-hybridized carbons (Fsp3) is 0.143. The Bertz CT molecular complexity index is 525. The van der Waals surface area contributed by atoms with Crippen LogP contribution in [0.3, 0.4) is 0 Å². The van der Waals surface area contributed by atoms with Crippen molar-refractivity contribution in [3.63, 3.8) is 0 Å². The molecule has 0 amide bonds. The molecule has 0 aliphatic carbocycles. The van der Waals surface area contributed by atoms with Gasteiger partial charge >= 0.3 is 0 Å². The summed E-state index contributed by atoms with van der Waals surface area (Å²) in [5.74, 6) is 1.06. The molecule has 2 N–H and O–H groups in total. The lowest BCUT2D eigenvalue weighted by atomic mass is 10.2. The van der Waals surface area contributed by atoms with E-state index < -0.39 is 0 Å². The largest absolute Gasteiger partial charge is 0.457 e. The van der Waals surface area contributed by atoms with Crippen LogP contribution >= 0.6 is 0 Å². The van der Waals surface area contributed by atoms with Crippen LogP contribution in [-0.4, -0.2) is 0 Å². The predicted octanol–water partition coefficient (Wildman–Crippen LogP) is 3.39. The van der Waals surface area contributed by atoms with Crippen molar-refractivity contribution in [3.05, 3.63) is 59.4 Å². The van der Waals surface area contributed by atoms with Crippen LogP contribution < -0.4 is 10.5 Å². The number of rotatable bonds is 3. The van der Waals surface area contributed by atoms with E-state index in [0.717, 1.165) is 11.3 Å². The minimum Gasteiger partial charge on any atom is -0.457 e. The van der Waals surface area contributed by atoms with Crippen LogP contribution in [0.4, 0.5) is 4.39 Å². The summed E-state index contributed by atoms with van der Waals surface area (Å²) in [6.07, 6.45) is 0. The Morgan fingerprint density at radius 2 is 1.88 bits per heavy atom. The first-order valence-electron chi connectivity index (χ1n) is 5.42. The van der Waals surface area contributed by atoms with Gasteiger partial charge in [-0.1, -0.05) is 18.2 Å². The maximum absolute atomic E-state index is 13.0. The standard InChI is InChI=1S/C14H14FNO/c1-10-4-2-3-5-13(10)17-14-7-6-12(15)8-11(14)9-16/h2-8H,9,16H2,1H3. The summed E-state index contributed by atoms with van der Waals surface area (Å²) in [5, 5.41) is 0. The molecule has 0 aliphatic heterocycles. The van der Waals surface area contributed by atoms with Gasteiger partial charge in [-0.05, 0) is 36.8 Å². The Morgan fingerprint density at radius 3 is 2.59 bits per heavy atom. The quantitative estimate of drug-likeness (QED) is 0.878. The summed E-state index contributed by atoms with van der Waals surface area (Å²) in [6, 6.07) is 12.0. The van der Waals surface area contributed by atoms with E-state index in [1.807, 2.05) is 31.2 Å². The van der Waals surface area contributed by atoms with Crippen molar-refractivity contribution in [3.8, 4) is 11.5 Å². The highest BCUT2D eigenvalue weighted by Gasteiger charge is 2.06. The molecule has 2 rings (SSSR count). The van der Waals surface area contributed by atoms with Crippen LogP contribution in [0.5, 0.6) is 11.5 Å². The van der Waals surface area contributed by atoms with Crippen LogP contribution in [0.1, 0.15) is 11.1 Å². The van der Waals surface area contributed by atoms with Crippen molar-refractivity contribution in [1.29, 1.82) is 0 Å². The van der Waals surface area contributed by atoms with E-state index in [1.165, 1.54) is 12.1 Å². The Hall–Kier alpha value is -1.87. The average Bonchev–Trinajstić information content (AvgIpc) is 2.34. The molecular formula is C14H14FNO. The van der Waals surface area contributed by atoms with Crippen LogP contribution in [0, 0.1) is 12.7 Å². The predicted molar refractivity (Wildman–Crippen MR) is 65.5 cm³/mol. The van der Waals surface area contributed by atoms with Gasteiger partial charge in [0.2, 0.25) is 0 Å². The molecule has 88 valence electrons. The Morgan fingerprint density at radius 1 is 1.12 bits per heavy atom. The van der Waals surface area contributed by atoms with Gasteiger partial charge in [0.25, 0.3) is 0 Å². The van der Waals surface area contributed by atoms with Crippen molar-refractivity contribution in [1.82, 2.24) is 0 Å². The highest BCUT2D eigenvalue weighted by Crippen LogP contribution is 2.27. The van der Waals surface area contributed by atoms with Crippen molar-refractivity contribution in [2.75, 3.05) is 0 Å². The van der Waals surface area contributed by atoms with Gasteiger partial charge in [-0.25, -0.2) is 4.39 Å². The molecule has 0 spiro atoms. The van der Waals surface area contributed by atoms with E-state index in [9.17, 15) is 4.39 Å². The average molecular weight is 231 g/mol. The number of nitrogens with two attached hydrogens (primary N) is 1. The molecule has 0 unspecified atom stereocenters. The zero-order chi connectivity index (χ0) is 12.3. The first kappa shape index (κ1) is 11.6. The lowest BCUT2D eigenvalue weighted by Gasteiger charge is -2.11. The zero-order valence-electron chi connectivity index (χ0n) is 9.61. The Kier molecular flexibility index (Phi) is 3.40. The number of halogens is 1. The molecule has 17 heavy (non-hydrogen) atoms. The first-order valence-corrected chi connectivity index (χ1v) is 5.42. The SMILES string of the molecule is Cc1ccccc1Oc1ccc(F)cc1CN. The minimum atomic E-state index is -0.303. The summed E-state index contributed by atoms with van der Waals surface area (Å²) >= 11 is 0. The molecule has 0 bridgehead atoms. The third-order valence-corrected chi connectivity index (χ3v) is 2.56. The van der Waals surface area contributed by atoms with Gasteiger partial charge in [0.05, 0.1) is 0 Å². The smallest absolute Gasteiger partial charge is 0.132 e. The van der Waals surface area contributed by atoms with Crippen LogP contribution in [0.2, 0.25) is 0 Å². The van der Waals surface area contributed by atoms with Gasteiger partial charge in [-0.15, -0.1) is 0 Å². The molecule has 0 saturated heterocycles. The molecule has 0 aliphatic rings. The summed E-state index contributed by atoms with van der Waals surface area (Å²) in [6.45, 7) is 2.21. The summed E-state index contributed by atoms with van der Waals surface area (Å²) in [5.41, 5.74) is 7.25. The third kappa shape index (κ3) is 2.63. The molecule has 2 aromatic rings. The number of hydrogen-bond acceptors (Lipinski definition) is 2. The van der Waals surface area contributed by atoms with Gasteiger partial charge in [0, 0.05) is 12.1 Å². The van der Waals surface area contributed by atoms with Gasteiger partial charge in [0.1, 0.15) is 17.3 Å². The molecule has 3 heteroatoms. The topological polar surface area (TPSA) is 35.2 Å². The number of hydrogen-bond donors (Lipinski definition) is 1. The number of benzene rings is 2.